The molecule has 1 aromatic carbocycles. The Hall–Kier alpha value is -1.62. The van der Waals surface area contributed by atoms with Gasteiger partial charge in [0.2, 0.25) is 0 Å². The average molecular weight is 225 g/mol. The van der Waals surface area contributed by atoms with E-state index in [1.165, 1.54) is 12.1 Å². The van der Waals surface area contributed by atoms with Gasteiger partial charge >= 0.3 is 0 Å². The van der Waals surface area contributed by atoms with Crippen LogP contribution >= 0.6 is 0 Å². The third-order valence-electron chi connectivity index (χ3n) is 2.35. The fourth-order valence-corrected chi connectivity index (χ4v) is 1.37. The van der Waals surface area contributed by atoms with Crippen LogP contribution in [0.3, 0.4) is 0 Å². The number of nitrogens with two attached hydrogens (primary N) is 1. The summed E-state index contributed by atoms with van der Waals surface area (Å²) in [4.78, 5) is 2.03. The van der Waals surface area contributed by atoms with Gasteiger partial charge in [0.15, 0.2) is 5.84 Å². The normalized spacial score (nSPS) is 12.1. The van der Waals surface area contributed by atoms with Crippen molar-refractivity contribution >= 4 is 5.84 Å². The summed E-state index contributed by atoms with van der Waals surface area (Å²) in [5.41, 5.74) is 6.60. The standard InChI is InChI=1S/C11H16FN3O/c1-3-15(2)7-8-4-9(11(13)14-16)6-10(12)5-8/h4-6,16H,3,7H2,1-2H3,(H2,13,14). The molecular weight excluding hydrogens is 209 g/mol. The highest BCUT2D eigenvalue weighted by Crippen LogP contribution is 2.11. The first-order chi connectivity index (χ1) is 7.56. The maximum atomic E-state index is 13.3. The van der Waals surface area contributed by atoms with E-state index in [-0.39, 0.29) is 11.7 Å². The van der Waals surface area contributed by atoms with Crippen molar-refractivity contribution in [3.8, 4) is 0 Å². The molecule has 0 spiro atoms. The quantitative estimate of drug-likeness (QED) is 0.352. The molecule has 0 radical (unpaired) electrons. The van der Waals surface area contributed by atoms with Crippen molar-refractivity contribution in [3.05, 3.63) is 35.1 Å². The van der Waals surface area contributed by atoms with Gasteiger partial charge in [0, 0.05) is 12.1 Å². The molecule has 0 aliphatic heterocycles. The van der Waals surface area contributed by atoms with Gasteiger partial charge < -0.3 is 15.8 Å². The highest BCUT2D eigenvalue weighted by atomic mass is 19.1. The lowest BCUT2D eigenvalue weighted by Crippen LogP contribution is -2.18. The van der Waals surface area contributed by atoms with E-state index < -0.39 is 0 Å². The molecular formula is C11H16FN3O. The fourth-order valence-electron chi connectivity index (χ4n) is 1.37. The third kappa shape index (κ3) is 3.20. The summed E-state index contributed by atoms with van der Waals surface area (Å²) in [7, 11) is 1.94. The summed E-state index contributed by atoms with van der Waals surface area (Å²) in [6.45, 7) is 3.51. The van der Waals surface area contributed by atoms with E-state index in [0.29, 0.717) is 12.1 Å². The SMILES string of the molecule is CCN(C)Cc1cc(F)cc(/C(N)=N/O)c1. The zero-order valence-corrected chi connectivity index (χ0v) is 9.44. The molecule has 0 aliphatic rings. The number of halogens is 1. The summed E-state index contributed by atoms with van der Waals surface area (Å²) >= 11 is 0. The van der Waals surface area contributed by atoms with E-state index in [1.54, 1.807) is 6.07 Å². The molecule has 0 atom stereocenters. The van der Waals surface area contributed by atoms with Crippen molar-refractivity contribution in [2.45, 2.75) is 13.5 Å². The molecule has 0 heterocycles. The van der Waals surface area contributed by atoms with Crippen molar-refractivity contribution in [1.82, 2.24) is 4.90 Å². The van der Waals surface area contributed by atoms with Gasteiger partial charge in [-0.05, 0) is 37.4 Å². The number of hydrogen-bond acceptors (Lipinski definition) is 3. The van der Waals surface area contributed by atoms with Crippen LogP contribution in [0.5, 0.6) is 0 Å². The van der Waals surface area contributed by atoms with E-state index in [9.17, 15) is 4.39 Å². The molecule has 0 fully saturated rings. The van der Waals surface area contributed by atoms with Crippen LogP contribution in [0.2, 0.25) is 0 Å². The average Bonchev–Trinajstić information content (AvgIpc) is 2.27. The first-order valence-corrected chi connectivity index (χ1v) is 5.02. The Morgan fingerprint density at radius 2 is 2.19 bits per heavy atom. The first kappa shape index (κ1) is 12.4. The zero-order chi connectivity index (χ0) is 12.1. The molecule has 1 rings (SSSR count). The van der Waals surface area contributed by atoms with Gasteiger partial charge in [0.1, 0.15) is 5.82 Å². The Balaban J connectivity index is 2.99. The Morgan fingerprint density at radius 1 is 1.50 bits per heavy atom. The lowest BCUT2D eigenvalue weighted by molar-refractivity contribution is 0.318. The van der Waals surface area contributed by atoms with E-state index >= 15 is 0 Å². The Kier molecular flexibility index (Phi) is 4.25. The number of amidine groups is 1. The topological polar surface area (TPSA) is 61.8 Å². The Morgan fingerprint density at radius 3 is 2.75 bits per heavy atom. The van der Waals surface area contributed by atoms with Gasteiger partial charge in [0.05, 0.1) is 0 Å². The van der Waals surface area contributed by atoms with E-state index in [0.717, 1.165) is 12.1 Å². The Labute approximate surface area is 94.2 Å². The molecule has 0 aliphatic carbocycles. The van der Waals surface area contributed by atoms with Crippen LogP contribution in [0, 0.1) is 5.82 Å². The lowest BCUT2D eigenvalue weighted by Gasteiger charge is -2.14. The van der Waals surface area contributed by atoms with Crippen LogP contribution < -0.4 is 5.73 Å². The number of rotatable bonds is 4. The minimum atomic E-state index is -0.386. The largest absolute Gasteiger partial charge is 0.409 e. The van der Waals surface area contributed by atoms with Gasteiger partial charge in [-0.3, -0.25) is 0 Å². The summed E-state index contributed by atoms with van der Waals surface area (Å²) in [5, 5.41) is 11.4. The van der Waals surface area contributed by atoms with Gasteiger partial charge in [-0.1, -0.05) is 12.1 Å². The molecule has 0 saturated carbocycles. The monoisotopic (exact) mass is 225 g/mol. The molecule has 0 amide bonds. The van der Waals surface area contributed by atoms with Crippen LogP contribution in [0.4, 0.5) is 4.39 Å². The molecule has 3 N–H and O–H groups in total. The highest BCUT2D eigenvalue weighted by molar-refractivity contribution is 5.97. The number of nitrogens with zero attached hydrogens (tertiary/aromatic N) is 2. The van der Waals surface area contributed by atoms with Gasteiger partial charge in [0.25, 0.3) is 0 Å². The van der Waals surface area contributed by atoms with Crippen molar-refractivity contribution in [2.24, 2.45) is 10.9 Å². The molecule has 0 saturated heterocycles. The molecule has 1 aromatic rings. The van der Waals surface area contributed by atoms with Crippen molar-refractivity contribution in [2.75, 3.05) is 13.6 Å². The third-order valence-corrected chi connectivity index (χ3v) is 2.35. The minimum Gasteiger partial charge on any atom is -0.409 e. The summed E-state index contributed by atoms with van der Waals surface area (Å²) in [5.74, 6) is -0.469. The van der Waals surface area contributed by atoms with Crippen molar-refractivity contribution < 1.29 is 9.60 Å². The van der Waals surface area contributed by atoms with Gasteiger partial charge in [-0.25, -0.2) is 4.39 Å². The van der Waals surface area contributed by atoms with E-state index in [2.05, 4.69) is 5.16 Å². The second-order valence-electron chi connectivity index (χ2n) is 3.66. The van der Waals surface area contributed by atoms with E-state index in [4.69, 9.17) is 10.9 Å². The smallest absolute Gasteiger partial charge is 0.170 e. The second-order valence-corrected chi connectivity index (χ2v) is 3.66. The second kappa shape index (κ2) is 5.46. The molecule has 0 unspecified atom stereocenters. The number of oxime groups is 1. The highest BCUT2D eigenvalue weighted by Gasteiger charge is 2.06. The minimum absolute atomic E-state index is 0.0834. The zero-order valence-electron chi connectivity index (χ0n) is 9.44. The molecule has 4 nitrogen and oxygen atoms in total. The van der Waals surface area contributed by atoms with Crippen LogP contribution in [-0.4, -0.2) is 29.5 Å². The summed E-state index contributed by atoms with van der Waals surface area (Å²) in [6, 6.07) is 4.40. The van der Waals surface area contributed by atoms with Crippen molar-refractivity contribution in [1.29, 1.82) is 0 Å². The summed E-state index contributed by atoms with van der Waals surface area (Å²) in [6.07, 6.45) is 0. The number of benzene rings is 1. The predicted octanol–water partition coefficient (Wildman–Crippen LogP) is 1.37. The maximum Gasteiger partial charge on any atom is 0.170 e. The first-order valence-electron chi connectivity index (χ1n) is 5.02. The molecule has 16 heavy (non-hydrogen) atoms. The van der Waals surface area contributed by atoms with Gasteiger partial charge in [-0.15, -0.1) is 0 Å². The summed E-state index contributed by atoms with van der Waals surface area (Å²) < 4.78 is 13.3. The molecule has 88 valence electrons. The van der Waals surface area contributed by atoms with Gasteiger partial charge in [-0.2, -0.15) is 0 Å². The molecule has 0 bridgehead atoms. The molecule has 0 aromatic heterocycles. The van der Waals surface area contributed by atoms with Crippen LogP contribution in [0.25, 0.3) is 0 Å². The predicted molar refractivity (Wildman–Crippen MR) is 60.9 cm³/mol. The lowest BCUT2D eigenvalue weighted by atomic mass is 10.1. The van der Waals surface area contributed by atoms with Crippen LogP contribution in [-0.2, 0) is 6.54 Å². The van der Waals surface area contributed by atoms with E-state index in [1.807, 2.05) is 18.9 Å². The van der Waals surface area contributed by atoms with Crippen LogP contribution in [0.15, 0.2) is 23.4 Å². The molecule has 5 heteroatoms. The van der Waals surface area contributed by atoms with Crippen LogP contribution in [0.1, 0.15) is 18.1 Å². The maximum absolute atomic E-state index is 13.3. The number of hydrogen-bond donors (Lipinski definition) is 2. The van der Waals surface area contributed by atoms with Crippen molar-refractivity contribution in [3.63, 3.8) is 0 Å². The fraction of sp³-hybridized carbons (Fsp3) is 0.364. The Bertz CT molecular complexity index is 393.